The number of halogens is 3. The number of amides is 2. The van der Waals surface area contributed by atoms with Gasteiger partial charge in [-0.15, -0.1) is 0 Å². The van der Waals surface area contributed by atoms with Gasteiger partial charge in [0.2, 0.25) is 0 Å². The number of aliphatic hydroxyl groups is 1. The SMILES string of the molecule is C[C@@H]1OC(OC2[C@H](O[C@@H]3OC(COCc4ccccc4)[C@H](OCc4ccccc4)C(O)[C@@H]3OC(=O)c3ccccc3)C(COCc3ccccc3)O[C@@H](OC3[C@@H](OCc4ccccc4)C(COCc4ccccc4)O[C@@H](OCCCCCNC(=O)OCc4ccccc4)[C@H]3OC(=O)c3ccccc3)[C@H]2NC(=O)C(Cl)(Cl)Cl)[C@@H](OCc2ccccc2)C(OCc2ccccc2)[C@@H]1OCc1ccccc1. The zero-order valence-corrected chi connectivity index (χ0v) is 78.6. The number of benzene rings is 11. The van der Waals surface area contributed by atoms with Crippen molar-refractivity contribution in [3.8, 4) is 0 Å². The number of esters is 2. The Kier molecular flexibility index (Phi) is 39.1. The molecule has 8 unspecified atom stereocenters. The predicted octanol–water partition coefficient (Wildman–Crippen LogP) is 17.4. The average Bonchev–Trinajstić information content (AvgIpc) is 0.754. The zero-order chi connectivity index (χ0) is 95.5. The molecular weight excluding hydrogens is 1830 g/mol. The maximum Gasteiger partial charge on any atom is 0.407 e. The number of carbonyl (C=O) groups excluding carboxylic acids is 4. The Balaban J connectivity index is 0.893. The first-order valence-electron chi connectivity index (χ1n) is 46.4. The number of hydrogen-bond acceptors (Lipinski definition) is 24. The largest absolute Gasteiger partial charge is 0.450 e. The highest BCUT2D eigenvalue weighted by atomic mass is 35.6. The maximum absolute atomic E-state index is 15.8. The molecule has 2 amide bonds. The predicted molar refractivity (Wildman–Crippen MR) is 512 cm³/mol. The van der Waals surface area contributed by atoms with Gasteiger partial charge in [0.15, 0.2) is 37.4 Å². The van der Waals surface area contributed by atoms with Gasteiger partial charge < -0.3 is 106 Å². The standard InChI is InChI=1S/C109H115Cl3N2O24/c1-74-91(124-65-78-44-20-5-21-45-78)97(127-68-81-50-26-8-27-51-81)99(128-69-82-52-28-9-29-53-82)106(130-74)137-95-89(114-107(118)109(110,111)112)103(131-88(73-122-64-77-42-18-4-19-43-77)94(95)136-105-96(134-101(116)84-56-32-11-33-57-84)90(115)92(125-66-79-46-22-6-23-47-79)86(133-105)71-120-62-75-38-14-2-15-39-75)138-98-93(126-67-80-48-24-7-25-49-80)87(72-121-63-76-40-16-3-17-41-76)132-104(100(98)135-102(117)85-58-34-12-35-59-85)123-61-37-13-36-60-113-108(119)129-70-83-54-30-10-31-55-83/h2-12,14-35,38-59,74,86-100,103-106,115H,13,36-37,60-73H2,1H3,(H,113,119)(H,114,118)/t74-,86?,87?,88?,89-,90?,91+,92-,93-,94+,95?,96-,97?,98?,99-,100-,103-,104+,105-,106?/m0/s1. The van der Waals surface area contributed by atoms with Crippen molar-refractivity contribution in [2.45, 2.75) is 212 Å². The number of unbranched alkanes of at least 4 members (excludes halogenated alkanes) is 2. The molecule has 11 aromatic rings. The normalized spacial score (nSPS) is 24.8. The molecule has 29 heteroatoms. The molecule has 0 saturated carbocycles. The molecule has 4 saturated heterocycles. The van der Waals surface area contributed by atoms with E-state index in [1.54, 1.807) is 60.7 Å². The lowest BCUT2D eigenvalue weighted by Gasteiger charge is -2.53. The fourth-order valence-corrected chi connectivity index (χ4v) is 16.8. The van der Waals surface area contributed by atoms with E-state index >= 15 is 14.4 Å². The van der Waals surface area contributed by atoms with Gasteiger partial charge in [-0.25, -0.2) is 14.4 Å². The van der Waals surface area contributed by atoms with Crippen LogP contribution in [0.1, 0.15) is 97.0 Å². The minimum absolute atomic E-state index is 0.0166. The quantitative estimate of drug-likeness (QED) is 0.0138. The molecule has 20 atom stereocenters. The van der Waals surface area contributed by atoms with E-state index in [1.807, 2.05) is 280 Å². The summed E-state index contributed by atoms with van der Waals surface area (Å²) in [6.07, 6.45) is -28.1. The highest BCUT2D eigenvalue weighted by Crippen LogP contribution is 2.42. The summed E-state index contributed by atoms with van der Waals surface area (Å²) >= 11 is 20.7. The Morgan fingerprint density at radius 1 is 0.319 bits per heavy atom. The first-order chi connectivity index (χ1) is 67.6. The highest BCUT2D eigenvalue weighted by Gasteiger charge is 2.60. The summed E-state index contributed by atoms with van der Waals surface area (Å²) in [5, 5.41) is 19.4. The van der Waals surface area contributed by atoms with E-state index in [1.165, 1.54) is 0 Å². The fourth-order valence-electron chi connectivity index (χ4n) is 16.6. The summed E-state index contributed by atoms with van der Waals surface area (Å²) in [5.41, 5.74) is 7.21. The van der Waals surface area contributed by atoms with Crippen LogP contribution in [0.3, 0.4) is 0 Å². The lowest BCUT2D eigenvalue weighted by molar-refractivity contribution is -0.391. The second-order valence-corrected chi connectivity index (χ2v) is 36.1. The summed E-state index contributed by atoms with van der Waals surface area (Å²) in [4.78, 5) is 59.5. The summed E-state index contributed by atoms with van der Waals surface area (Å²) in [6.45, 7) is 1.12. The van der Waals surface area contributed by atoms with E-state index in [9.17, 15) is 9.90 Å². The fraction of sp³-hybridized carbons (Fsp3) is 0.358. The van der Waals surface area contributed by atoms with Crippen LogP contribution in [-0.2, 0) is 154 Å². The number of carbonyl (C=O) groups is 4. The van der Waals surface area contributed by atoms with Crippen LogP contribution >= 0.6 is 34.8 Å². The monoisotopic (exact) mass is 1940 g/mol. The molecule has 11 aromatic carbocycles. The van der Waals surface area contributed by atoms with Gasteiger partial charge in [-0.3, -0.25) is 4.79 Å². The van der Waals surface area contributed by atoms with Gasteiger partial charge in [0.25, 0.3) is 9.70 Å². The van der Waals surface area contributed by atoms with Crippen molar-refractivity contribution >= 4 is 58.7 Å². The molecule has 26 nitrogen and oxygen atoms in total. The Labute approximate surface area is 818 Å². The summed E-state index contributed by atoms with van der Waals surface area (Å²) in [5.74, 6) is -3.01. The number of nitrogens with one attached hydrogen (secondary N) is 2. The van der Waals surface area contributed by atoms with Gasteiger partial charge >= 0.3 is 18.0 Å². The number of rotatable bonds is 47. The molecule has 4 aliphatic heterocycles. The molecule has 15 rings (SSSR count). The van der Waals surface area contributed by atoms with Gasteiger partial charge in [0.1, 0.15) is 85.9 Å². The van der Waals surface area contributed by atoms with E-state index in [4.69, 9.17) is 125 Å². The van der Waals surface area contributed by atoms with Gasteiger partial charge in [-0.2, -0.15) is 0 Å². The molecule has 0 aliphatic carbocycles. The van der Waals surface area contributed by atoms with E-state index in [-0.39, 0.29) is 97.0 Å². The molecule has 4 fully saturated rings. The minimum atomic E-state index is -2.82. The third-order valence-corrected chi connectivity index (χ3v) is 24.2. The van der Waals surface area contributed by atoms with Gasteiger partial charge in [0, 0.05) is 13.2 Å². The number of alkyl carbamates (subject to hydrolysis) is 1. The van der Waals surface area contributed by atoms with E-state index in [0.717, 1.165) is 44.5 Å². The molecule has 0 radical (unpaired) electrons. The topological polar surface area (TPSA) is 288 Å². The summed E-state index contributed by atoms with van der Waals surface area (Å²) in [7, 11) is 0. The third kappa shape index (κ3) is 30.2. The maximum atomic E-state index is 15.8. The Morgan fingerprint density at radius 2 is 0.652 bits per heavy atom. The van der Waals surface area contributed by atoms with Crippen LogP contribution < -0.4 is 10.6 Å². The summed E-state index contributed by atoms with van der Waals surface area (Å²) in [6, 6.07) is 99.4. The third-order valence-electron chi connectivity index (χ3n) is 23.7. The summed E-state index contributed by atoms with van der Waals surface area (Å²) < 4.78 is 132. The number of ether oxygens (including phenoxy) is 19. The Hall–Kier alpha value is -10.7. The van der Waals surface area contributed by atoms with Crippen LogP contribution in [0.15, 0.2) is 334 Å². The zero-order valence-electron chi connectivity index (χ0n) is 76.3. The highest BCUT2D eigenvalue weighted by molar-refractivity contribution is 6.76. The molecule has 0 spiro atoms. The average molecular weight is 1940 g/mol. The molecule has 4 heterocycles. The van der Waals surface area contributed by atoms with Crippen molar-refractivity contribution in [3.05, 3.63) is 395 Å². The van der Waals surface area contributed by atoms with Crippen molar-refractivity contribution in [2.75, 3.05) is 33.0 Å². The van der Waals surface area contributed by atoms with Gasteiger partial charge in [0.05, 0.1) is 89.9 Å². The minimum Gasteiger partial charge on any atom is -0.450 e. The smallest absolute Gasteiger partial charge is 0.407 e. The molecule has 0 aromatic heterocycles. The number of alkyl halides is 3. The van der Waals surface area contributed by atoms with E-state index in [0.29, 0.717) is 24.8 Å². The van der Waals surface area contributed by atoms with E-state index in [2.05, 4.69) is 10.6 Å². The number of aliphatic hydroxyl groups excluding tert-OH is 1. The van der Waals surface area contributed by atoms with Gasteiger partial charge in [-0.05, 0) is 101 Å². The van der Waals surface area contributed by atoms with Gasteiger partial charge in [-0.1, -0.05) is 344 Å². The molecule has 138 heavy (non-hydrogen) atoms. The molecule has 0 bridgehead atoms. The first kappa shape index (κ1) is 102. The second-order valence-electron chi connectivity index (χ2n) is 33.8. The van der Waals surface area contributed by atoms with Crippen LogP contribution in [0, 0.1) is 0 Å². The van der Waals surface area contributed by atoms with Crippen molar-refractivity contribution in [2.24, 2.45) is 0 Å². The lowest BCUT2D eigenvalue weighted by Crippen LogP contribution is -2.72. The Morgan fingerprint density at radius 3 is 1.09 bits per heavy atom. The van der Waals surface area contributed by atoms with E-state index < -0.39 is 157 Å². The van der Waals surface area contributed by atoms with Crippen LogP contribution in [-0.4, -0.2) is 189 Å². The van der Waals surface area contributed by atoms with Crippen LogP contribution in [0.25, 0.3) is 0 Å². The van der Waals surface area contributed by atoms with Crippen LogP contribution in [0.5, 0.6) is 0 Å². The lowest BCUT2D eigenvalue weighted by atomic mass is 9.93. The van der Waals surface area contributed by atoms with Crippen molar-refractivity contribution < 1.29 is 114 Å². The molecule has 3 N–H and O–H groups in total. The molecular formula is C109H115Cl3N2O24. The van der Waals surface area contributed by atoms with Crippen LogP contribution in [0.2, 0.25) is 0 Å². The first-order valence-corrected chi connectivity index (χ1v) is 47.6. The van der Waals surface area contributed by atoms with Crippen molar-refractivity contribution in [1.29, 1.82) is 0 Å². The van der Waals surface area contributed by atoms with Crippen LogP contribution in [0.4, 0.5) is 4.79 Å². The number of hydrogen-bond donors (Lipinski definition) is 3. The molecule has 726 valence electrons. The van der Waals surface area contributed by atoms with Crippen molar-refractivity contribution in [3.63, 3.8) is 0 Å². The van der Waals surface area contributed by atoms with Crippen molar-refractivity contribution in [1.82, 2.24) is 10.6 Å². The Bertz CT molecular complexity index is 5390. The second kappa shape index (κ2) is 53.1. The molecule has 4 aliphatic rings.